The number of nitrogens with zero attached hydrogens (tertiary/aromatic N) is 2. The highest BCUT2D eigenvalue weighted by Crippen LogP contribution is 2.36. The molecular weight excluding hydrogens is 562 g/mol. The molecule has 3 aromatic carbocycles. The Balaban J connectivity index is 1.23. The number of fused-ring (bicyclic) bond motifs is 1. The molecule has 2 aromatic heterocycles. The number of nitrogen functional groups attached to an aromatic ring is 1. The number of likely N-dealkylation sites (tertiary alicyclic amines) is 1. The number of nitrogens with two attached hydrogens (primary N) is 1. The zero-order valence-corrected chi connectivity index (χ0v) is 24.3. The summed E-state index contributed by atoms with van der Waals surface area (Å²) < 4.78 is 34.3. The molecule has 0 bridgehead atoms. The van der Waals surface area contributed by atoms with E-state index in [0.29, 0.717) is 48.5 Å². The molecule has 0 spiro atoms. The van der Waals surface area contributed by atoms with Crippen molar-refractivity contribution >= 4 is 28.6 Å². The number of aromatic nitrogens is 1. The lowest BCUT2D eigenvalue weighted by atomic mass is 9.96. The van der Waals surface area contributed by atoms with Crippen LogP contribution in [0.15, 0.2) is 89.5 Å². The standard InChI is InChI=1S/C35H32F2N4O3/c1-35(37)14-15-41(21-35)34(43)25-6-4-23(5-7-25)26-16-27-17-29(20-40-32(42)13-3-22-2-12-31(38)39-19-22)44-33(27)30(18-26)24-8-10-28(36)11-9-24/h2,4-12,16-19H,3,13-15,20-21H2,1H3,(H2,38,39)(H,40,42). The Bertz CT molecular complexity index is 1810. The van der Waals surface area contributed by atoms with E-state index in [1.54, 1.807) is 41.4 Å². The van der Waals surface area contributed by atoms with Crippen LogP contribution in [-0.4, -0.2) is 40.5 Å². The van der Waals surface area contributed by atoms with E-state index in [4.69, 9.17) is 10.2 Å². The Labute approximate surface area is 253 Å². The van der Waals surface area contributed by atoms with Crippen molar-refractivity contribution in [2.24, 2.45) is 0 Å². The maximum atomic E-state index is 14.3. The van der Waals surface area contributed by atoms with Crippen LogP contribution in [0.3, 0.4) is 0 Å². The molecule has 0 saturated carbocycles. The van der Waals surface area contributed by atoms with E-state index >= 15 is 0 Å². The van der Waals surface area contributed by atoms with E-state index in [2.05, 4.69) is 10.3 Å². The van der Waals surface area contributed by atoms with Gasteiger partial charge in [0.25, 0.3) is 5.91 Å². The number of rotatable bonds is 8. The summed E-state index contributed by atoms with van der Waals surface area (Å²) in [6, 6.07) is 22.8. The lowest BCUT2D eigenvalue weighted by molar-refractivity contribution is -0.121. The van der Waals surface area contributed by atoms with Gasteiger partial charge < -0.3 is 20.4 Å². The molecule has 0 radical (unpaired) electrons. The van der Waals surface area contributed by atoms with Crippen LogP contribution >= 0.6 is 0 Å². The van der Waals surface area contributed by atoms with Crippen LogP contribution in [0.25, 0.3) is 33.2 Å². The molecule has 1 atom stereocenters. The molecule has 9 heteroatoms. The second kappa shape index (κ2) is 11.9. The van der Waals surface area contributed by atoms with Gasteiger partial charge >= 0.3 is 0 Å². The molecule has 6 rings (SSSR count). The number of hydrogen-bond acceptors (Lipinski definition) is 5. The van der Waals surface area contributed by atoms with Crippen LogP contribution in [-0.2, 0) is 17.8 Å². The monoisotopic (exact) mass is 594 g/mol. The Morgan fingerprint density at radius 2 is 1.75 bits per heavy atom. The SMILES string of the molecule is CC1(F)CCN(C(=O)c2ccc(-c3cc(-c4ccc(F)cc4)c4oc(CNC(=O)CCc5ccc(N)nc5)cc4c3)cc2)C1. The first-order chi connectivity index (χ1) is 21.1. The number of hydrogen-bond donors (Lipinski definition) is 2. The maximum absolute atomic E-state index is 14.3. The maximum Gasteiger partial charge on any atom is 0.253 e. The molecule has 3 N–H and O–H groups in total. The summed E-state index contributed by atoms with van der Waals surface area (Å²) in [6.07, 6.45) is 2.83. The number of carbonyl (C=O) groups excluding carboxylic acids is 2. The third-order valence-electron chi connectivity index (χ3n) is 7.95. The number of pyridine rings is 1. The molecule has 2 amide bonds. The number of benzene rings is 3. The van der Waals surface area contributed by atoms with Crippen LogP contribution in [0.5, 0.6) is 0 Å². The van der Waals surface area contributed by atoms with Gasteiger partial charge in [-0.3, -0.25) is 9.59 Å². The summed E-state index contributed by atoms with van der Waals surface area (Å²) in [4.78, 5) is 31.1. The fourth-order valence-corrected chi connectivity index (χ4v) is 5.51. The summed E-state index contributed by atoms with van der Waals surface area (Å²) in [6.45, 7) is 2.22. The third kappa shape index (κ3) is 6.46. The van der Waals surface area contributed by atoms with Crippen LogP contribution in [0.4, 0.5) is 14.6 Å². The molecule has 5 aromatic rings. The molecule has 0 aliphatic carbocycles. The van der Waals surface area contributed by atoms with Crippen LogP contribution in [0.2, 0.25) is 0 Å². The first kappa shape index (κ1) is 29.0. The molecule has 1 saturated heterocycles. The first-order valence-electron chi connectivity index (χ1n) is 14.5. The van der Waals surface area contributed by atoms with Gasteiger partial charge in [-0.15, -0.1) is 0 Å². The molecular formula is C35H32F2N4O3. The van der Waals surface area contributed by atoms with Crippen LogP contribution < -0.4 is 11.1 Å². The molecule has 224 valence electrons. The average molecular weight is 595 g/mol. The van der Waals surface area contributed by atoms with Crippen molar-refractivity contribution in [2.75, 3.05) is 18.8 Å². The van der Waals surface area contributed by atoms with Crippen LogP contribution in [0.1, 0.15) is 41.4 Å². The Morgan fingerprint density at radius 3 is 2.43 bits per heavy atom. The molecule has 1 aliphatic rings. The van der Waals surface area contributed by atoms with Crippen LogP contribution in [0, 0.1) is 5.82 Å². The van der Waals surface area contributed by atoms with Crippen molar-refractivity contribution in [3.05, 3.63) is 108 Å². The van der Waals surface area contributed by atoms with Gasteiger partial charge in [0.1, 0.15) is 28.6 Å². The summed E-state index contributed by atoms with van der Waals surface area (Å²) in [5.74, 6) is 0.357. The van der Waals surface area contributed by atoms with Crippen molar-refractivity contribution in [1.29, 1.82) is 0 Å². The summed E-state index contributed by atoms with van der Waals surface area (Å²) in [5.41, 5.74) is 9.60. The number of furan rings is 1. The van der Waals surface area contributed by atoms with Crippen molar-refractivity contribution in [3.63, 3.8) is 0 Å². The number of halogens is 2. The predicted octanol–water partition coefficient (Wildman–Crippen LogP) is 6.71. The smallest absolute Gasteiger partial charge is 0.253 e. The highest BCUT2D eigenvalue weighted by molar-refractivity contribution is 5.98. The van der Waals surface area contributed by atoms with E-state index in [9.17, 15) is 18.4 Å². The van der Waals surface area contributed by atoms with Gasteiger partial charge in [-0.25, -0.2) is 13.8 Å². The highest BCUT2D eigenvalue weighted by atomic mass is 19.1. The number of anilines is 1. The minimum Gasteiger partial charge on any atom is -0.459 e. The molecule has 44 heavy (non-hydrogen) atoms. The van der Waals surface area contributed by atoms with Gasteiger partial charge in [-0.05, 0) is 84.1 Å². The van der Waals surface area contributed by atoms with Gasteiger partial charge in [-0.1, -0.05) is 30.3 Å². The summed E-state index contributed by atoms with van der Waals surface area (Å²) >= 11 is 0. The molecule has 1 unspecified atom stereocenters. The lowest BCUT2D eigenvalue weighted by Gasteiger charge is -2.17. The van der Waals surface area contributed by atoms with E-state index < -0.39 is 5.67 Å². The lowest BCUT2D eigenvalue weighted by Crippen LogP contribution is -2.31. The Kier molecular flexibility index (Phi) is 7.86. The van der Waals surface area contributed by atoms with Crippen molar-refractivity contribution < 1.29 is 22.8 Å². The van der Waals surface area contributed by atoms with Gasteiger partial charge in [0, 0.05) is 42.1 Å². The second-order valence-electron chi connectivity index (χ2n) is 11.5. The molecule has 3 heterocycles. The molecule has 1 aliphatic heterocycles. The average Bonchev–Trinajstić information content (AvgIpc) is 3.61. The fourth-order valence-electron chi connectivity index (χ4n) is 5.51. The molecule has 7 nitrogen and oxygen atoms in total. The van der Waals surface area contributed by atoms with Crippen molar-refractivity contribution in [3.8, 4) is 22.3 Å². The van der Waals surface area contributed by atoms with Gasteiger partial charge in [0.15, 0.2) is 0 Å². The third-order valence-corrected chi connectivity index (χ3v) is 7.95. The van der Waals surface area contributed by atoms with E-state index in [1.165, 1.54) is 19.1 Å². The van der Waals surface area contributed by atoms with E-state index in [1.807, 2.05) is 36.4 Å². The summed E-state index contributed by atoms with van der Waals surface area (Å²) in [7, 11) is 0. The second-order valence-corrected chi connectivity index (χ2v) is 11.5. The number of amides is 2. The predicted molar refractivity (Wildman–Crippen MR) is 166 cm³/mol. The minimum atomic E-state index is -1.36. The van der Waals surface area contributed by atoms with Gasteiger partial charge in [0.05, 0.1) is 13.1 Å². The topological polar surface area (TPSA) is 101 Å². The minimum absolute atomic E-state index is 0.0919. The number of carbonyl (C=O) groups is 2. The van der Waals surface area contributed by atoms with E-state index in [0.717, 1.165) is 33.2 Å². The Hall–Kier alpha value is -5.05. The Morgan fingerprint density at radius 1 is 1.00 bits per heavy atom. The fraction of sp³-hybridized carbons (Fsp3) is 0.229. The largest absolute Gasteiger partial charge is 0.459 e. The first-order valence-corrected chi connectivity index (χ1v) is 14.5. The number of nitrogens with one attached hydrogen (secondary N) is 1. The number of alkyl halides is 1. The molecule has 1 fully saturated rings. The van der Waals surface area contributed by atoms with E-state index in [-0.39, 0.29) is 30.7 Å². The van der Waals surface area contributed by atoms with Gasteiger partial charge in [0.2, 0.25) is 5.91 Å². The highest BCUT2D eigenvalue weighted by Gasteiger charge is 2.36. The summed E-state index contributed by atoms with van der Waals surface area (Å²) in [5, 5.41) is 3.73. The zero-order chi connectivity index (χ0) is 30.8. The zero-order valence-electron chi connectivity index (χ0n) is 24.3. The van der Waals surface area contributed by atoms with Gasteiger partial charge in [-0.2, -0.15) is 0 Å². The van der Waals surface area contributed by atoms with Crippen molar-refractivity contribution in [2.45, 2.75) is 38.4 Å². The normalized spacial score (nSPS) is 16.4. The van der Waals surface area contributed by atoms with Crippen molar-refractivity contribution in [1.82, 2.24) is 15.2 Å². The quantitative estimate of drug-likeness (QED) is 0.208. The number of aryl methyl sites for hydroxylation is 1.